The van der Waals surface area contributed by atoms with Crippen LogP contribution >= 0.6 is 22.6 Å². The van der Waals surface area contributed by atoms with Gasteiger partial charge in [-0.1, -0.05) is 0 Å². The maximum Gasteiger partial charge on any atom is 0.573 e. The summed E-state index contributed by atoms with van der Waals surface area (Å²) in [6, 6.07) is 0. The Kier molecular flexibility index (Phi) is 5.96. The average molecular weight is 407 g/mol. The Hall–Kier alpha value is -1.13. The van der Waals surface area contributed by atoms with E-state index >= 15 is 0 Å². The van der Waals surface area contributed by atoms with Crippen LogP contribution in [0.5, 0.6) is 5.75 Å². The molecule has 0 fully saturated rings. The van der Waals surface area contributed by atoms with Crippen molar-refractivity contribution >= 4 is 28.6 Å². The fourth-order valence-electron chi connectivity index (χ4n) is 1.35. The minimum absolute atomic E-state index is 0.0179. The van der Waals surface area contributed by atoms with Gasteiger partial charge < -0.3 is 9.47 Å². The van der Waals surface area contributed by atoms with Crippen LogP contribution in [0.25, 0.3) is 0 Å². The van der Waals surface area contributed by atoms with Gasteiger partial charge in [0.2, 0.25) is 0 Å². The highest BCUT2D eigenvalue weighted by Crippen LogP contribution is 2.33. The van der Waals surface area contributed by atoms with Gasteiger partial charge in [0, 0.05) is 6.20 Å². The summed E-state index contributed by atoms with van der Waals surface area (Å²) in [4.78, 5) is 14.9. The summed E-state index contributed by atoms with van der Waals surface area (Å²) in [5.74, 6) is -1.33. The summed E-state index contributed by atoms with van der Waals surface area (Å²) in [6.45, 7) is 0.546. The van der Waals surface area contributed by atoms with Gasteiger partial charge in [0.1, 0.15) is 12.4 Å². The number of alkyl halides is 4. The van der Waals surface area contributed by atoms with Crippen LogP contribution in [0.1, 0.15) is 18.2 Å². The highest BCUT2D eigenvalue weighted by Gasteiger charge is 2.34. The number of halogens is 5. The lowest BCUT2D eigenvalue weighted by atomic mass is 10.2. The standard InChI is InChI=1S/C11H10F4INO3/c1-2-19-8(18)3-6-5-17-7(4-12)10(9(6)16)20-11(13,14)15/h5H,2-4H2,1H3. The number of rotatable bonds is 5. The third kappa shape index (κ3) is 4.76. The first kappa shape index (κ1) is 16.9. The van der Waals surface area contributed by atoms with E-state index in [0.717, 1.165) is 6.20 Å². The van der Waals surface area contributed by atoms with Crippen LogP contribution < -0.4 is 4.74 Å². The second-order valence-electron chi connectivity index (χ2n) is 3.54. The van der Waals surface area contributed by atoms with Crippen molar-refractivity contribution in [2.75, 3.05) is 6.61 Å². The van der Waals surface area contributed by atoms with Gasteiger partial charge >= 0.3 is 12.3 Å². The first-order chi connectivity index (χ1) is 9.28. The molecule has 4 nitrogen and oxygen atoms in total. The molecule has 112 valence electrons. The van der Waals surface area contributed by atoms with E-state index in [0.29, 0.717) is 0 Å². The van der Waals surface area contributed by atoms with Crippen LogP contribution in [0.2, 0.25) is 0 Å². The molecule has 1 aromatic heterocycles. The number of hydrogen-bond donors (Lipinski definition) is 0. The zero-order valence-corrected chi connectivity index (χ0v) is 12.4. The van der Waals surface area contributed by atoms with Crippen LogP contribution in [0, 0.1) is 3.57 Å². The molecule has 9 heteroatoms. The lowest BCUT2D eigenvalue weighted by Crippen LogP contribution is -2.20. The summed E-state index contributed by atoms with van der Waals surface area (Å²) in [6.07, 6.45) is -4.09. The predicted octanol–water partition coefficient (Wildman–Crippen LogP) is 3.16. The van der Waals surface area contributed by atoms with Gasteiger partial charge in [-0.3, -0.25) is 9.78 Å². The van der Waals surface area contributed by atoms with Crippen molar-refractivity contribution in [1.82, 2.24) is 4.98 Å². The van der Waals surface area contributed by atoms with Crippen LogP contribution in [0.3, 0.4) is 0 Å². The number of carbonyl (C=O) groups is 1. The summed E-state index contributed by atoms with van der Waals surface area (Å²) in [5, 5.41) is 0. The Labute approximate surface area is 125 Å². The quantitative estimate of drug-likeness (QED) is 0.428. The lowest BCUT2D eigenvalue weighted by Gasteiger charge is -2.15. The molecule has 0 aliphatic heterocycles. The average Bonchev–Trinajstić information content (AvgIpc) is 2.33. The maximum atomic E-state index is 12.7. The molecule has 1 aromatic rings. The summed E-state index contributed by atoms with van der Waals surface area (Å²) in [5.41, 5.74) is -0.292. The molecule has 1 rings (SSSR count). The molecule has 0 saturated carbocycles. The molecule has 0 atom stereocenters. The van der Waals surface area contributed by atoms with Gasteiger partial charge in [-0.2, -0.15) is 0 Å². The first-order valence-electron chi connectivity index (χ1n) is 5.42. The first-order valence-corrected chi connectivity index (χ1v) is 6.50. The lowest BCUT2D eigenvalue weighted by molar-refractivity contribution is -0.275. The van der Waals surface area contributed by atoms with Crippen molar-refractivity contribution < 1.29 is 31.8 Å². The SMILES string of the molecule is CCOC(=O)Cc1cnc(CF)c(OC(F)(F)F)c1I. The third-order valence-corrected chi connectivity index (χ3v) is 3.29. The second-order valence-corrected chi connectivity index (χ2v) is 4.62. The normalized spacial score (nSPS) is 11.3. The predicted molar refractivity (Wildman–Crippen MR) is 68.8 cm³/mol. The Morgan fingerprint density at radius 2 is 2.10 bits per heavy atom. The van der Waals surface area contributed by atoms with E-state index in [1.54, 1.807) is 29.5 Å². The fraction of sp³-hybridized carbons (Fsp3) is 0.455. The fourth-order valence-corrected chi connectivity index (χ4v) is 2.10. The van der Waals surface area contributed by atoms with Gasteiger partial charge in [0.05, 0.1) is 16.6 Å². The van der Waals surface area contributed by atoms with E-state index in [-0.39, 0.29) is 22.2 Å². The topological polar surface area (TPSA) is 48.4 Å². The van der Waals surface area contributed by atoms with E-state index < -0.39 is 30.4 Å². The van der Waals surface area contributed by atoms with Crippen molar-refractivity contribution in [3.8, 4) is 5.75 Å². The monoisotopic (exact) mass is 407 g/mol. The molecule has 0 spiro atoms. The van der Waals surface area contributed by atoms with E-state index in [4.69, 9.17) is 4.74 Å². The molecule has 0 aliphatic rings. The molecule has 0 bridgehead atoms. The molecule has 0 aromatic carbocycles. The molecular weight excluding hydrogens is 397 g/mol. The molecule has 0 saturated heterocycles. The smallest absolute Gasteiger partial charge is 0.466 e. The Morgan fingerprint density at radius 3 is 2.60 bits per heavy atom. The van der Waals surface area contributed by atoms with E-state index in [2.05, 4.69) is 9.72 Å². The summed E-state index contributed by atoms with van der Waals surface area (Å²) >= 11 is 1.55. The van der Waals surface area contributed by atoms with Gasteiger partial charge in [0.25, 0.3) is 0 Å². The number of pyridine rings is 1. The number of ether oxygens (including phenoxy) is 2. The second kappa shape index (κ2) is 7.04. The number of carbonyl (C=O) groups excluding carboxylic acids is 1. The number of aromatic nitrogens is 1. The minimum Gasteiger partial charge on any atom is -0.466 e. The zero-order valence-electron chi connectivity index (χ0n) is 10.3. The van der Waals surface area contributed by atoms with Crippen LogP contribution in [0.15, 0.2) is 6.20 Å². The van der Waals surface area contributed by atoms with Gasteiger partial charge in [-0.05, 0) is 35.1 Å². The van der Waals surface area contributed by atoms with E-state index in [1.807, 2.05) is 0 Å². The van der Waals surface area contributed by atoms with Gasteiger partial charge in [0.15, 0.2) is 5.75 Å². The molecule has 1 heterocycles. The van der Waals surface area contributed by atoms with Crippen molar-refractivity contribution in [2.24, 2.45) is 0 Å². The van der Waals surface area contributed by atoms with Crippen molar-refractivity contribution in [2.45, 2.75) is 26.4 Å². The minimum atomic E-state index is -4.96. The Balaban J connectivity index is 3.11. The van der Waals surface area contributed by atoms with Crippen molar-refractivity contribution in [3.63, 3.8) is 0 Å². The molecule has 0 aliphatic carbocycles. The Bertz CT molecular complexity index is 493. The molecule has 0 unspecified atom stereocenters. The van der Waals surface area contributed by atoms with E-state index in [1.165, 1.54) is 0 Å². The molecule has 0 radical (unpaired) electrons. The molecule has 20 heavy (non-hydrogen) atoms. The molecule has 0 N–H and O–H groups in total. The highest BCUT2D eigenvalue weighted by atomic mass is 127. The molecular formula is C11H10F4INO3. The van der Waals surface area contributed by atoms with Crippen LogP contribution in [0.4, 0.5) is 17.6 Å². The third-order valence-electron chi connectivity index (χ3n) is 2.10. The van der Waals surface area contributed by atoms with Gasteiger partial charge in [-0.25, -0.2) is 4.39 Å². The van der Waals surface area contributed by atoms with Crippen LogP contribution in [-0.2, 0) is 22.6 Å². The van der Waals surface area contributed by atoms with Crippen molar-refractivity contribution in [1.29, 1.82) is 0 Å². The zero-order chi connectivity index (χ0) is 15.3. The maximum absolute atomic E-state index is 12.7. The highest BCUT2D eigenvalue weighted by molar-refractivity contribution is 14.1. The summed E-state index contributed by atoms with van der Waals surface area (Å²) < 4.78 is 58.0. The number of nitrogens with zero attached hydrogens (tertiary/aromatic N) is 1. The largest absolute Gasteiger partial charge is 0.573 e. The van der Waals surface area contributed by atoms with E-state index in [9.17, 15) is 22.4 Å². The number of esters is 1. The molecule has 0 amide bonds. The summed E-state index contributed by atoms with van der Waals surface area (Å²) in [7, 11) is 0. The van der Waals surface area contributed by atoms with Crippen molar-refractivity contribution in [3.05, 3.63) is 21.0 Å². The Morgan fingerprint density at radius 1 is 1.45 bits per heavy atom. The van der Waals surface area contributed by atoms with Gasteiger partial charge in [-0.15, -0.1) is 13.2 Å². The van der Waals surface area contributed by atoms with Crippen LogP contribution in [-0.4, -0.2) is 23.9 Å². The number of hydrogen-bond acceptors (Lipinski definition) is 4.